The van der Waals surface area contributed by atoms with Gasteiger partial charge >= 0.3 is 5.97 Å². The van der Waals surface area contributed by atoms with Gasteiger partial charge in [-0.15, -0.1) is 11.3 Å². The van der Waals surface area contributed by atoms with Crippen LogP contribution >= 0.6 is 11.3 Å². The third-order valence-electron chi connectivity index (χ3n) is 3.18. The van der Waals surface area contributed by atoms with Gasteiger partial charge in [-0.05, 0) is 25.7 Å². The van der Waals surface area contributed by atoms with Crippen LogP contribution in [0.25, 0.3) is 0 Å². The van der Waals surface area contributed by atoms with Gasteiger partial charge in [0.15, 0.2) is 0 Å². The summed E-state index contributed by atoms with van der Waals surface area (Å²) in [6.45, 7) is 0. The molecule has 0 saturated heterocycles. The van der Waals surface area contributed by atoms with Crippen molar-refractivity contribution < 1.29 is 17.9 Å². The minimum atomic E-state index is -3.30. The van der Waals surface area contributed by atoms with Gasteiger partial charge in [-0.25, -0.2) is 12.7 Å². The van der Waals surface area contributed by atoms with Crippen LogP contribution in [-0.2, 0) is 14.8 Å². The van der Waals surface area contributed by atoms with Crippen molar-refractivity contribution in [2.24, 2.45) is 5.92 Å². The van der Waals surface area contributed by atoms with E-state index in [1.165, 1.54) is 11.4 Å². The summed E-state index contributed by atoms with van der Waals surface area (Å²) in [6, 6.07) is 0. The molecular weight excluding hydrogens is 288 g/mol. The second-order valence-electron chi connectivity index (χ2n) is 4.88. The van der Waals surface area contributed by atoms with E-state index in [0.717, 1.165) is 24.2 Å². The summed E-state index contributed by atoms with van der Waals surface area (Å²) in [5.41, 5.74) is 0. The highest BCUT2D eigenvalue weighted by molar-refractivity contribution is 7.93. The summed E-state index contributed by atoms with van der Waals surface area (Å²) < 4.78 is 30.3. The first-order valence-corrected chi connectivity index (χ1v) is 8.52. The maximum Gasteiger partial charge on any atom is 0.315 e. The Balaban J connectivity index is 1.71. The number of thiazole rings is 1. The second kappa shape index (κ2) is 4.45. The molecule has 2 aliphatic carbocycles. The van der Waals surface area contributed by atoms with Gasteiger partial charge in [0.25, 0.3) is 0 Å². The molecule has 8 heteroatoms. The predicted octanol–water partition coefficient (Wildman–Crippen LogP) is 1.39. The molecule has 6 nitrogen and oxygen atoms in total. The zero-order chi connectivity index (χ0) is 13.6. The highest BCUT2D eigenvalue weighted by Gasteiger charge is 2.40. The monoisotopic (exact) mass is 302 g/mol. The normalized spacial score (nSPS) is 19.2. The molecule has 0 aromatic carbocycles. The number of aromatic nitrogens is 1. The first-order valence-electron chi connectivity index (χ1n) is 6.13. The molecule has 0 bridgehead atoms. The lowest BCUT2D eigenvalue weighted by Gasteiger charge is -2.15. The van der Waals surface area contributed by atoms with E-state index in [1.807, 2.05) is 0 Å². The molecule has 1 aromatic heterocycles. The number of carbonyl (C=O) groups excluding carboxylic acids is 1. The van der Waals surface area contributed by atoms with Gasteiger partial charge in [0.1, 0.15) is 0 Å². The lowest BCUT2D eigenvalue weighted by molar-refractivity contribution is -0.136. The molecule has 3 rings (SSSR count). The fourth-order valence-corrected chi connectivity index (χ4v) is 4.12. The molecule has 0 unspecified atom stereocenters. The van der Waals surface area contributed by atoms with Crippen LogP contribution in [0, 0.1) is 5.92 Å². The van der Waals surface area contributed by atoms with E-state index in [0.29, 0.717) is 18.0 Å². The van der Waals surface area contributed by atoms with E-state index in [-0.39, 0.29) is 23.0 Å². The molecule has 0 radical (unpaired) electrons. The minimum Gasteiger partial charge on any atom is -0.406 e. The molecule has 2 aliphatic rings. The van der Waals surface area contributed by atoms with Gasteiger partial charge in [0.2, 0.25) is 21.0 Å². The van der Waals surface area contributed by atoms with Crippen molar-refractivity contribution in [3.63, 3.8) is 0 Å². The van der Waals surface area contributed by atoms with Crippen LogP contribution in [0.3, 0.4) is 0 Å². The Morgan fingerprint density at radius 3 is 2.68 bits per heavy atom. The fourth-order valence-electron chi connectivity index (χ4n) is 1.65. The third kappa shape index (κ3) is 2.59. The van der Waals surface area contributed by atoms with Crippen molar-refractivity contribution in [3.8, 4) is 5.88 Å². The summed E-state index contributed by atoms with van der Waals surface area (Å²) in [5, 5.41) is 1.62. The van der Waals surface area contributed by atoms with E-state index >= 15 is 0 Å². The largest absolute Gasteiger partial charge is 0.406 e. The van der Waals surface area contributed by atoms with E-state index in [9.17, 15) is 13.2 Å². The summed E-state index contributed by atoms with van der Waals surface area (Å²) >= 11 is 1.16. The van der Waals surface area contributed by atoms with Crippen molar-refractivity contribution in [3.05, 3.63) is 5.38 Å². The molecule has 0 aliphatic heterocycles. The third-order valence-corrected chi connectivity index (χ3v) is 6.44. The lowest BCUT2D eigenvalue weighted by Crippen LogP contribution is -2.29. The highest BCUT2D eigenvalue weighted by Crippen LogP contribution is 2.35. The number of rotatable bonds is 5. The molecule has 2 saturated carbocycles. The average molecular weight is 302 g/mol. The number of anilines is 1. The van der Waals surface area contributed by atoms with Crippen LogP contribution in [0.1, 0.15) is 25.7 Å². The summed E-state index contributed by atoms with van der Waals surface area (Å²) in [7, 11) is -1.81. The zero-order valence-electron chi connectivity index (χ0n) is 10.4. The van der Waals surface area contributed by atoms with E-state index in [4.69, 9.17) is 4.74 Å². The summed E-state index contributed by atoms with van der Waals surface area (Å²) in [4.78, 5) is 15.5. The first kappa shape index (κ1) is 12.9. The van der Waals surface area contributed by atoms with Crippen molar-refractivity contribution in [2.75, 3.05) is 11.4 Å². The van der Waals surface area contributed by atoms with Gasteiger partial charge < -0.3 is 4.74 Å². The van der Waals surface area contributed by atoms with Crippen LogP contribution < -0.4 is 9.04 Å². The Morgan fingerprint density at radius 1 is 1.42 bits per heavy atom. The summed E-state index contributed by atoms with van der Waals surface area (Å²) in [5.74, 6) is -0.0858. The number of hydrogen-bond donors (Lipinski definition) is 0. The number of esters is 1. The van der Waals surface area contributed by atoms with Crippen LogP contribution in [-0.4, -0.2) is 31.7 Å². The van der Waals surface area contributed by atoms with Gasteiger partial charge in [-0.2, -0.15) is 4.98 Å². The highest BCUT2D eigenvalue weighted by atomic mass is 32.2. The molecule has 104 valence electrons. The lowest BCUT2D eigenvalue weighted by atomic mass is 10.4. The molecule has 0 spiro atoms. The smallest absolute Gasteiger partial charge is 0.315 e. The van der Waals surface area contributed by atoms with E-state index < -0.39 is 10.0 Å². The second-order valence-corrected chi connectivity index (χ2v) is 7.96. The topological polar surface area (TPSA) is 76.6 Å². The number of sulfonamides is 1. The SMILES string of the molecule is CN(c1nc(OC(=O)C2CC2)cs1)S(=O)(=O)C1CC1. The number of carbonyl (C=O) groups is 1. The van der Waals surface area contributed by atoms with Crippen LogP contribution in [0.15, 0.2) is 5.38 Å². The summed E-state index contributed by atoms with van der Waals surface area (Å²) in [6.07, 6.45) is 3.15. The molecule has 0 atom stereocenters. The minimum absolute atomic E-state index is 0.00178. The number of hydrogen-bond acceptors (Lipinski definition) is 6. The Hall–Kier alpha value is -1.15. The number of nitrogens with zero attached hydrogens (tertiary/aromatic N) is 2. The van der Waals surface area contributed by atoms with Gasteiger partial charge in [0, 0.05) is 7.05 Å². The van der Waals surface area contributed by atoms with E-state index in [1.54, 1.807) is 5.38 Å². The molecule has 0 N–H and O–H groups in total. The Kier molecular flexibility index (Phi) is 3.01. The standard InChI is InChI=1S/C11H14N2O4S2/c1-13(19(15,16)8-4-5-8)11-12-9(6-18-11)17-10(14)7-2-3-7/h6-8H,2-5H2,1H3. The predicted molar refractivity (Wildman–Crippen MR) is 70.8 cm³/mol. The Labute approximate surface area is 115 Å². The zero-order valence-corrected chi connectivity index (χ0v) is 12.0. The first-order chi connectivity index (χ1) is 8.98. The van der Waals surface area contributed by atoms with Crippen LogP contribution in [0.4, 0.5) is 5.13 Å². The van der Waals surface area contributed by atoms with Crippen molar-refractivity contribution in [2.45, 2.75) is 30.9 Å². The molecule has 1 aromatic rings. The Bertz CT molecular complexity index is 602. The van der Waals surface area contributed by atoms with Gasteiger partial charge in [-0.3, -0.25) is 4.79 Å². The van der Waals surface area contributed by atoms with Gasteiger partial charge in [-0.1, -0.05) is 0 Å². The fraction of sp³-hybridized carbons (Fsp3) is 0.636. The molecule has 0 amide bonds. The molecule has 19 heavy (non-hydrogen) atoms. The average Bonchev–Trinajstić information content (AvgIpc) is 3.24. The van der Waals surface area contributed by atoms with Crippen molar-refractivity contribution >= 4 is 32.5 Å². The number of ether oxygens (including phenoxy) is 1. The van der Waals surface area contributed by atoms with Crippen molar-refractivity contribution in [1.82, 2.24) is 4.98 Å². The van der Waals surface area contributed by atoms with Gasteiger partial charge in [0.05, 0.1) is 16.5 Å². The maximum absolute atomic E-state index is 12.0. The maximum atomic E-state index is 12.0. The van der Waals surface area contributed by atoms with Crippen molar-refractivity contribution in [1.29, 1.82) is 0 Å². The molecule has 1 heterocycles. The molecule has 2 fully saturated rings. The molecular formula is C11H14N2O4S2. The van der Waals surface area contributed by atoms with E-state index in [2.05, 4.69) is 4.98 Å². The van der Waals surface area contributed by atoms with Crippen LogP contribution in [0.5, 0.6) is 5.88 Å². The quantitative estimate of drug-likeness (QED) is 0.768. The Morgan fingerprint density at radius 2 is 2.11 bits per heavy atom. The van der Waals surface area contributed by atoms with Crippen LogP contribution in [0.2, 0.25) is 0 Å².